The average molecular weight is 407 g/mol. The van der Waals surface area contributed by atoms with E-state index in [9.17, 15) is 4.79 Å². The highest BCUT2D eigenvalue weighted by Crippen LogP contribution is 2.33. The quantitative estimate of drug-likeness (QED) is 0.550. The molecule has 4 aromatic rings. The number of aromatic nitrogens is 3. The maximum atomic E-state index is 13.2. The molecule has 0 radical (unpaired) electrons. The van der Waals surface area contributed by atoms with Crippen LogP contribution in [0.4, 0.5) is 0 Å². The van der Waals surface area contributed by atoms with Crippen molar-refractivity contribution in [3.63, 3.8) is 0 Å². The first-order valence-corrected chi connectivity index (χ1v) is 10.7. The molecule has 0 fully saturated rings. The summed E-state index contributed by atoms with van der Waals surface area (Å²) in [6.07, 6.45) is 6.11. The molecule has 1 atom stereocenters. The maximum absolute atomic E-state index is 13.2. The Bertz CT molecular complexity index is 1190. The van der Waals surface area contributed by atoms with Crippen LogP contribution in [-0.4, -0.2) is 20.7 Å². The summed E-state index contributed by atoms with van der Waals surface area (Å²) in [7, 11) is 0. The molecule has 0 saturated heterocycles. The lowest BCUT2D eigenvalue weighted by Crippen LogP contribution is -2.34. The number of hydrogen-bond acceptors (Lipinski definition) is 6. The summed E-state index contributed by atoms with van der Waals surface area (Å²) in [4.78, 5) is 19.9. The van der Waals surface area contributed by atoms with Crippen LogP contribution in [0.5, 0.6) is 0 Å². The van der Waals surface area contributed by atoms with Gasteiger partial charge in [-0.25, -0.2) is 4.98 Å². The topological polar surface area (TPSA) is 73.0 Å². The van der Waals surface area contributed by atoms with Gasteiger partial charge in [-0.05, 0) is 37.3 Å². The van der Waals surface area contributed by atoms with Gasteiger partial charge in [-0.3, -0.25) is 9.36 Å². The third kappa shape index (κ3) is 3.63. The van der Waals surface area contributed by atoms with Crippen LogP contribution in [0.3, 0.4) is 0 Å². The molecule has 7 heteroatoms. The van der Waals surface area contributed by atoms with E-state index in [0.717, 1.165) is 40.7 Å². The summed E-state index contributed by atoms with van der Waals surface area (Å²) >= 11 is 1.66. The van der Waals surface area contributed by atoms with Gasteiger partial charge in [0.2, 0.25) is 0 Å². The molecule has 0 aliphatic heterocycles. The molecule has 0 saturated carbocycles. The smallest absolute Gasteiger partial charge is 0.262 e. The lowest BCUT2D eigenvalue weighted by Gasteiger charge is -2.23. The largest absolute Gasteiger partial charge is 0.364 e. The van der Waals surface area contributed by atoms with Crippen molar-refractivity contribution in [3.8, 4) is 0 Å². The van der Waals surface area contributed by atoms with Crippen molar-refractivity contribution in [2.75, 3.05) is 0 Å². The van der Waals surface area contributed by atoms with E-state index in [0.29, 0.717) is 19.1 Å². The Balaban J connectivity index is 1.39. The zero-order chi connectivity index (χ0) is 19.8. The summed E-state index contributed by atoms with van der Waals surface area (Å²) in [5, 5.41) is 8.32. The average Bonchev–Trinajstić information content (AvgIpc) is 3.37. The number of aryl methyl sites for hydroxylation is 2. The highest BCUT2D eigenvalue weighted by molar-refractivity contribution is 7.18. The minimum absolute atomic E-state index is 0.0714. The molecule has 0 amide bonds. The summed E-state index contributed by atoms with van der Waals surface area (Å²) < 4.78 is 6.62. The molecule has 3 aromatic heterocycles. The van der Waals surface area contributed by atoms with E-state index in [4.69, 9.17) is 4.52 Å². The molecular formula is C22H22N4O2S. The van der Waals surface area contributed by atoms with Gasteiger partial charge in [-0.1, -0.05) is 35.0 Å². The summed E-state index contributed by atoms with van der Waals surface area (Å²) in [5.41, 5.74) is 4.50. The normalized spacial score (nSPS) is 16.2. The van der Waals surface area contributed by atoms with E-state index in [1.165, 1.54) is 16.0 Å². The third-order valence-electron chi connectivity index (χ3n) is 5.57. The van der Waals surface area contributed by atoms with Crippen molar-refractivity contribution in [3.05, 3.63) is 80.5 Å². The predicted molar refractivity (Wildman–Crippen MR) is 113 cm³/mol. The fourth-order valence-corrected chi connectivity index (χ4v) is 5.21. The molecule has 5 rings (SSSR count). The summed E-state index contributed by atoms with van der Waals surface area (Å²) in [5.74, 6) is 0. The van der Waals surface area contributed by atoms with Gasteiger partial charge in [0.1, 0.15) is 11.1 Å². The lowest BCUT2D eigenvalue weighted by molar-refractivity contribution is 0.399. The molecule has 0 spiro atoms. The van der Waals surface area contributed by atoms with Crippen LogP contribution < -0.4 is 10.9 Å². The van der Waals surface area contributed by atoms with E-state index in [-0.39, 0.29) is 5.56 Å². The number of nitrogens with one attached hydrogen (secondary N) is 1. The number of thiophene rings is 1. The van der Waals surface area contributed by atoms with Gasteiger partial charge < -0.3 is 9.84 Å². The van der Waals surface area contributed by atoms with Crippen molar-refractivity contribution in [1.82, 2.24) is 20.0 Å². The molecule has 1 aliphatic carbocycles. The van der Waals surface area contributed by atoms with Crippen LogP contribution in [0.2, 0.25) is 0 Å². The number of fused-ring (bicyclic) bond motifs is 3. The highest BCUT2D eigenvalue weighted by Gasteiger charge is 2.25. The fourth-order valence-electron chi connectivity index (χ4n) is 3.96. The Morgan fingerprint density at radius 3 is 2.93 bits per heavy atom. The van der Waals surface area contributed by atoms with Crippen molar-refractivity contribution >= 4 is 21.6 Å². The Labute approximate surface area is 172 Å². The van der Waals surface area contributed by atoms with E-state index < -0.39 is 0 Å². The summed E-state index contributed by atoms with van der Waals surface area (Å²) in [6, 6.07) is 10.5. The molecule has 1 aromatic carbocycles. The van der Waals surface area contributed by atoms with Gasteiger partial charge in [-0.2, -0.15) is 0 Å². The monoisotopic (exact) mass is 406 g/mol. The molecule has 0 unspecified atom stereocenters. The molecule has 1 N–H and O–H groups in total. The molecular weight excluding hydrogens is 384 g/mol. The fraction of sp³-hybridized carbons (Fsp3) is 0.318. The second kappa shape index (κ2) is 7.57. The van der Waals surface area contributed by atoms with Crippen LogP contribution in [-0.2, 0) is 25.9 Å². The zero-order valence-corrected chi connectivity index (χ0v) is 17.0. The second-order valence-electron chi connectivity index (χ2n) is 7.66. The molecule has 29 heavy (non-hydrogen) atoms. The van der Waals surface area contributed by atoms with Crippen LogP contribution in [0.25, 0.3) is 10.2 Å². The Kier molecular flexibility index (Phi) is 4.77. The van der Waals surface area contributed by atoms with Gasteiger partial charge in [0.05, 0.1) is 24.0 Å². The minimum atomic E-state index is 0.0714. The van der Waals surface area contributed by atoms with Crippen LogP contribution in [0, 0.1) is 6.92 Å². The Hall–Kier alpha value is -2.77. The first kappa shape index (κ1) is 18.3. The van der Waals surface area contributed by atoms with Gasteiger partial charge in [0.15, 0.2) is 0 Å². The molecule has 6 nitrogen and oxygen atoms in total. The number of rotatable bonds is 5. The number of nitrogens with zero attached hydrogens (tertiary/aromatic N) is 3. The van der Waals surface area contributed by atoms with Gasteiger partial charge in [0.25, 0.3) is 5.56 Å². The number of hydrogen-bond donors (Lipinski definition) is 1. The van der Waals surface area contributed by atoms with Crippen LogP contribution >= 0.6 is 11.3 Å². The first-order valence-electron chi connectivity index (χ1n) is 9.85. The Morgan fingerprint density at radius 2 is 2.14 bits per heavy atom. The predicted octanol–water partition coefficient (Wildman–Crippen LogP) is 3.45. The summed E-state index contributed by atoms with van der Waals surface area (Å²) in [6.45, 7) is 3.31. The Morgan fingerprint density at radius 1 is 1.28 bits per heavy atom. The van der Waals surface area contributed by atoms with Gasteiger partial charge >= 0.3 is 0 Å². The lowest BCUT2D eigenvalue weighted by atomic mass is 9.93. The minimum Gasteiger partial charge on any atom is -0.364 e. The van der Waals surface area contributed by atoms with Gasteiger partial charge in [-0.15, -0.1) is 11.3 Å². The molecule has 1 aliphatic rings. The molecule has 3 heterocycles. The van der Waals surface area contributed by atoms with E-state index in [1.807, 2.05) is 6.07 Å². The van der Waals surface area contributed by atoms with Crippen LogP contribution in [0.1, 0.15) is 33.7 Å². The number of benzene rings is 1. The second-order valence-corrected chi connectivity index (χ2v) is 8.74. The van der Waals surface area contributed by atoms with E-state index in [2.05, 4.69) is 46.6 Å². The van der Waals surface area contributed by atoms with Crippen molar-refractivity contribution in [2.24, 2.45) is 0 Å². The standard InChI is InChI=1S/C22H22N4O2S/c1-14-2-4-15(5-3-14)12-26-13-24-21-20(22(26)27)18-7-6-16(10-19(18)29-21)23-11-17-8-9-28-25-17/h2-5,8-9,13,16,23H,6-7,10-12H2,1H3/t16-/m0/s1. The molecule has 148 valence electrons. The van der Waals surface area contributed by atoms with E-state index in [1.54, 1.807) is 28.5 Å². The molecule has 0 bridgehead atoms. The SMILES string of the molecule is Cc1ccc(Cn2cnc3sc4c(c3c2=O)CC[C@H](NCc2ccon2)C4)cc1. The van der Waals surface area contributed by atoms with Crippen LogP contribution in [0.15, 0.2) is 52.2 Å². The van der Waals surface area contributed by atoms with E-state index >= 15 is 0 Å². The van der Waals surface area contributed by atoms with Crippen molar-refractivity contribution < 1.29 is 4.52 Å². The third-order valence-corrected chi connectivity index (χ3v) is 6.73. The zero-order valence-electron chi connectivity index (χ0n) is 16.2. The van der Waals surface area contributed by atoms with Crippen molar-refractivity contribution in [2.45, 2.75) is 45.3 Å². The van der Waals surface area contributed by atoms with Gasteiger partial charge in [0, 0.05) is 23.5 Å². The first-order chi connectivity index (χ1) is 14.2. The highest BCUT2D eigenvalue weighted by atomic mass is 32.1. The van der Waals surface area contributed by atoms with Crippen molar-refractivity contribution in [1.29, 1.82) is 0 Å². The maximum Gasteiger partial charge on any atom is 0.262 e.